The molecule has 2 aromatic rings. The minimum absolute atomic E-state index is 0.0969. The Morgan fingerprint density at radius 1 is 1.31 bits per heavy atom. The van der Waals surface area contributed by atoms with Crippen LogP contribution in [0.5, 0.6) is 0 Å². The second-order valence-corrected chi connectivity index (χ2v) is 6.70. The predicted octanol–water partition coefficient (Wildman–Crippen LogP) is 2.70. The van der Waals surface area contributed by atoms with Gasteiger partial charge >= 0.3 is 5.97 Å². The highest BCUT2D eigenvalue weighted by molar-refractivity contribution is 5.91. The monoisotopic (exact) mass is 407 g/mol. The second kappa shape index (κ2) is 9.55. The lowest BCUT2D eigenvalue weighted by Crippen LogP contribution is -2.39. The van der Waals surface area contributed by atoms with E-state index in [-0.39, 0.29) is 30.7 Å². The molecule has 3 heterocycles. The number of anilines is 1. The maximum absolute atomic E-state index is 13.5. The van der Waals surface area contributed by atoms with E-state index in [0.717, 1.165) is 10.9 Å². The number of aromatic nitrogens is 3. The van der Waals surface area contributed by atoms with E-state index in [9.17, 15) is 18.4 Å². The summed E-state index contributed by atoms with van der Waals surface area (Å²) in [6, 6.07) is 5.28. The Balaban J connectivity index is 1.58. The molecule has 1 amide bonds. The molecule has 29 heavy (non-hydrogen) atoms. The van der Waals surface area contributed by atoms with E-state index in [0.29, 0.717) is 31.7 Å². The number of esters is 1. The van der Waals surface area contributed by atoms with Gasteiger partial charge < -0.3 is 10.1 Å². The van der Waals surface area contributed by atoms with Gasteiger partial charge in [0, 0.05) is 25.2 Å². The maximum Gasteiger partial charge on any atom is 0.341 e. The van der Waals surface area contributed by atoms with Crippen LogP contribution in [0.15, 0.2) is 30.6 Å². The molecule has 156 valence electrons. The van der Waals surface area contributed by atoms with Gasteiger partial charge in [0.2, 0.25) is 5.91 Å². The van der Waals surface area contributed by atoms with E-state index >= 15 is 0 Å². The molecule has 0 saturated carbocycles. The molecule has 3 rings (SSSR count). The fourth-order valence-corrected chi connectivity index (χ4v) is 3.29. The Bertz CT molecular complexity index is 836. The molecule has 0 unspecified atom stereocenters. The lowest BCUT2D eigenvalue weighted by Gasteiger charge is -2.31. The highest BCUT2D eigenvalue weighted by Crippen LogP contribution is 2.25. The smallest absolute Gasteiger partial charge is 0.341 e. The molecule has 1 aliphatic rings. The van der Waals surface area contributed by atoms with Crippen molar-refractivity contribution in [3.8, 4) is 0 Å². The van der Waals surface area contributed by atoms with Gasteiger partial charge in [-0.2, -0.15) is 5.10 Å². The lowest BCUT2D eigenvalue weighted by atomic mass is 9.96. The average Bonchev–Trinajstić information content (AvgIpc) is 3.13. The number of hydrogen-bond donors (Lipinski definition) is 1. The van der Waals surface area contributed by atoms with Crippen molar-refractivity contribution >= 4 is 17.7 Å². The van der Waals surface area contributed by atoms with E-state index < -0.39 is 18.1 Å². The van der Waals surface area contributed by atoms with Crippen LogP contribution in [0.2, 0.25) is 0 Å². The van der Waals surface area contributed by atoms with E-state index in [4.69, 9.17) is 4.74 Å². The summed E-state index contributed by atoms with van der Waals surface area (Å²) >= 11 is 0. The number of likely N-dealkylation sites (tertiary alicyclic amines) is 1. The Kier molecular flexibility index (Phi) is 6.86. The van der Waals surface area contributed by atoms with Crippen molar-refractivity contribution < 1.29 is 23.1 Å². The Morgan fingerprint density at radius 2 is 2.07 bits per heavy atom. The molecule has 0 radical (unpaired) electrons. The number of nitrogens with zero attached hydrogens (tertiary/aromatic N) is 4. The van der Waals surface area contributed by atoms with Gasteiger partial charge in [-0.25, -0.2) is 23.2 Å². The number of nitrogens with one attached hydrogen (secondary N) is 1. The number of piperidine rings is 1. The third-order valence-electron chi connectivity index (χ3n) is 4.79. The van der Waals surface area contributed by atoms with Crippen molar-refractivity contribution in [2.24, 2.45) is 5.92 Å². The molecule has 10 heteroatoms. The Labute approximate surface area is 166 Å². The van der Waals surface area contributed by atoms with Crippen molar-refractivity contribution in [1.29, 1.82) is 0 Å². The van der Waals surface area contributed by atoms with Gasteiger partial charge in [0.25, 0.3) is 6.43 Å². The van der Waals surface area contributed by atoms with E-state index in [2.05, 4.69) is 15.4 Å². The van der Waals surface area contributed by atoms with E-state index in [1.165, 1.54) is 0 Å². The summed E-state index contributed by atoms with van der Waals surface area (Å²) in [7, 11) is 0. The number of ether oxygens (including phenoxy) is 1. The molecule has 0 atom stereocenters. The van der Waals surface area contributed by atoms with Crippen LogP contribution >= 0.6 is 0 Å². The fourth-order valence-electron chi connectivity index (χ4n) is 3.29. The maximum atomic E-state index is 13.5. The minimum Gasteiger partial charge on any atom is -0.462 e. The normalized spacial score (nSPS) is 15.4. The number of pyridine rings is 1. The van der Waals surface area contributed by atoms with Gasteiger partial charge in [-0.1, -0.05) is 6.07 Å². The SMILES string of the molecule is CCOC(=O)c1cnn(CN2CCC(C(=O)Nc3ccccn3)CC2)c1C(F)F. The molecule has 8 nitrogen and oxygen atoms in total. The summed E-state index contributed by atoms with van der Waals surface area (Å²) in [6.45, 7) is 2.93. The second-order valence-electron chi connectivity index (χ2n) is 6.70. The van der Waals surface area contributed by atoms with Crippen molar-refractivity contribution in [3.05, 3.63) is 41.9 Å². The molecule has 2 aromatic heterocycles. The first-order chi connectivity index (χ1) is 14.0. The quantitative estimate of drug-likeness (QED) is 0.710. The van der Waals surface area contributed by atoms with Crippen molar-refractivity contribution in [3.63, 3.8) is 0 Å². The molecule has 0 bridgehead atoms. The molecule has 0 aromatic carbocycles. The molecular formula is C19H23F2N5O3. The van der Waals surface area contributed by atoms with Gasteiger partial charge in [0.05, 0.1) is 19.5 Å². The molecular weight excluding hydrogens is 384 g/mol. The topological polar surface area (TPSA) is 89.4 Å². The zero-order valence-corrected chi connectivity index (χ0v) is 16.1. The van der Waals surface area contributed by atoms with Crippen LogP contribution in [0, 0.1) is 5.92 Å². The highest BCUT2D eigenvalue weighted by atomic mass is 19.3. The van der Waals surface area contributed by atoms with Crippen LogP contribution < -0.4 is 5.32 Å². The molecule has 1 N–H and O–H groups in total. The van der Waals surface area contributed by atoms with Crippen molar-refractivity contribution in [2.45, 2.75) is 32.9 Å². The van der Waals surface area contributed by atoms with Gasteiger partial charge in [-0.05, 0) is 31.9 Å². The molecule has 0 aliphatic carbocycles. The first-order valence-electron chi connectivity index (χ1n) is 9.44. The summed E-state index contributed by atoms with van der Waals surface area (Å²) in [5.41, 5.74) is -0.662. The number of hydrogen-bond acceptors (Lipinski definition) is 6. The predicted molar refractivity (Wildman–Crippen MR) is 100 cm³/mol. The third kappa shape index (κ3) is 5.14. The van der Waals surface area contributed by atoms with Crippen LogP contribution in [0.3, 0.4) is 0 Å². The van der Waals surface area contributed by atoms with Gasteiger partial charge in [0.15, 0.2) is 0 Å². The molecule has 1 fully saturated rings. The lowest BCUT2D eigenvalue weighted by molar-refractivity contribution is -0.121. The summed E-state index contributed by atoms with van der Waals surface area (Å²) < 4.78 is 33.0. The third-order valence-corrected chi connectivity index (χ3v) is 4.79. The van der Waals surface area contributed by atoms with Crippen LogP contribution in [0.1, 0.15) is 42.2 Å². The fraction of sp³-hybridized carbons (Fsp3) is 0.474. The van der Waals surface area contributed by atoms with Crippen LogP contribution in [-0.4, -0.2) is 51.2 Å². The van der Waals surface area contributed by atoms with Crippen LogP contribution in [-0.2, 0) is 16.2 Å². The highest BCUT2D eigenvalue weighted by Gasteiger charge is 2.29. The zero-order chi connectivity index (χ0) is 20.8. The van der Waals surface area contributed by atoms with Gasteiger partial charge in [0.1, 0.15) is 17.1 Å². The number of amides is 1. The summed E-state index contributed by atoms with van der Waals surface area (Å²) in [4.78, 5) is 30.3. The van der Waals surface area contributed by atoms with E-state index in [1.807, 2.05) is 4.90 Å². The number of alkyl halides is 2. The number of halogens is 2. The first kappa shape index (κ1) is 20.8. The van der Waals surface area contributed by atoms with E-state index in [1.54, 1.807) is 31.3 Å². The van der Waals surface area contributed by atoms with Crippen molar-refractivity contribution in [1.82, 2.24) is 19.7 Å². The Hall–Kier alpha value is -2.88. The Morgan fingerprint density at radius 3 is 2.69 bits per heavy atom. The largest absolute Gasteiger partial charge is 0.462 e. The summed E-state index contributed by atoms with van der Waals surface area (Å²) in [5, 5.41) is 6.74. The number of carbonyl (C=O) groups is 2. The average molecular weight is 407 g/mol. The number of carbonyl (C=O) groups excluding carboxylic acids is 2. The first-order valence-corrected chi connectivity index (χ1v) is 9.44. The van der Waals surface area contributed by atoms with Gasteiger partial charge in [-0.15, -0.1) is 0 Å². The zero-order valence-electron chi connectivity index (χ0n) is 16.1. The summed E-state index contributed by atoms with van der Waals surface area (Å²) in [5.74, 6) is -0.570. The van der Waals surface area contributed by atoms with Crippen LogP contribution in [0.4, 0.5) is 14.6 Å². The molecule has 1 aliphatic heterocycles. The van der Waals surface area contributed by atoms with Gasteiger partial charge in [-0.3, -0.25) is 9.69 Å². The van der Waals surface area contributed by atoms with Crippen molar-refractivity contribution in [2.75, 3.05) is 25.0 Å². The molecule has 0 spiro atoms. The summed E-state index contributed by atoms with van der Waals surface area (Å²) in [6.07, 6.45) is 1.06. The van der Waals surface area contributed by atoms with Crippen LogP contribution in [0.25, 0.3) is 0 Å². The minimum atomic E-state index is -2.85. The standard InChI is InChI=1S/C19H23F2N5O3/c1-2-29-19(28)14-11-23-26(16(14)17(20)21)12-25-9-6-13(7-10-25)18(27)24-15-5-3-4-8-22-15/h3-5,8,11,13,17H,2,6-7,9-10,12H2,1H3,(H,22,24,27). The number of rotatable bonds is 7. The molecule has 1 saturated heterocycles.